The van der Waals surface area contributed by atoms with Crippen molar-refractivity contribution < 1.29 is 18.8 Å². The van der Waals surface area contributed by atoms with E-state index in [1.807, 2.05) is 24.3 Å². The molecule has 4 heterocycles. The van der Waals surface area contributed by atoms with E-state index in [-0.39, 0.29) is 12.0 Å². The van der Waals surface area contributed by atoms with Gasteiger partial charge in [0.2, 0.25) is 11.7 Å². The molecule has 4 aromatic rings. The van der Waals surface area contributed by atoms with Crippen molar-refractivity contribution in [2.45, 2.75) is 33.3 Å². The molecule has 0 aliphatic carbocycles. The van der Waals surface area contributed by atoms with E-state index in [1.54, 1.807) is 49.5 Å². The van der Waals surface area contributed by atoms with Gasteiger partial charge in [0, 0.05) is 62.9 Å². The Kier molecular flexibility index (Phi) is 6.17. The zero-order valence-corrected chi connectivity index (χ0v) is 20.7. The Morgan fingerprint density at radius 3 is 2.83 bits per heavy atom. The average Bonchev–Trinajstić information content (AvgIpc) is 3.43. The van der Waals surface area contributed by atoms with Gasteiger partial charge in [0.1, 0.15) is 11.5 Å². The molecule has 0 bridgehead atoms. The Hall–Kier alpha value is -4.21. The summed E-state index contributed by atoms with van der Waals surface area (Å²) >= 11 is 0. The maximum Gasteiger partial charge on any atom is 0.355 e. The molecule has 10 nitrogen and oxygen atoms in total. The van der Waals surface area contributed by atoms with Crippen LogP contribution in [0.3, 0.4) is 0 Å². The summed E-state index contributed by atoms with van der Waals surface area (Å²) in [6, 6.07) is 9.52. The molecule has 0 saturated heterocycles. The van der Waals surface area contributed by atoms with Gasteiger partial charge >= 0.3 is 5.97 Å². The summed E-state index contributed by atoms with van der Waals surface area (Å²) in [5.41, 5.74) is 2.65. The number of pyridine rings is 1. The lowest BCUT2D eigenvalue weighted by molar-refractivity contribution is 0.0366. The van der Waals surface area contributed by atoms with Crippen molar-refractivity contribution in [1.82, 2.24) is 24.6 Å². The lowest BCUT2D eigenvalue weighted by Crippen LogP contribution is -2.40. The van der Waals surface area contributed by atoms with Crippen LogP contribution in [0.1, 0.15) is 46.3 Å². The van der Waals surface area contributed by atoms with E-state index in [0.29, 0.717) is 49.0 Å². The summed E-state index contributed by atoms with van der Waals surface area (Å²) in [5.74, 6) is 1.25. The monoisotopic (exact) mass is 488 g/mol. The largest absolute Gasteiger partial charge is 0.458 e. The predicted octanol–water partition coefficient (Wildman–Crippen LogP) is 3.61. The van der Waals surface area contributed by atoms with Crippen LogP contribution in [0, 0.1) is 6.92 Å². The third-order valence-corrected chi connectivity index (χ3v) is 6.27. The number of ether oxygens (including phenoxy) is 1. The highest BCUT2D eigenvalue weighted by Crippen LogP contribution is 2.27. The fourth-order valence-corrected chi connectivity index (χ4v) is 4.50. The molecule has 1 amide bonds. The van der Waals surface area contributed by atoms with Gasteiger partial charge in [0.15, 0.2) is 0 Å². The SMILES string of the molecule is Cc1nc(-c2ccc3ccnc(NCCN4CCc5c(cc(C(=O)OC(C)C)n5C)C4=O)c3c2)no1. The number of fused-ring (bicyclic) bond motifs is 2. The molecule has 1 aromatic carbocycles. The van der Waals surface area contributed by atoms with Crippen LogP contribution in [-0.4, -0.2) is 62.2 Å². The van der Waals surface area contributed by atoms with E-state index in [0.717, 1.165) is 27.8 Å². The highest BCUT2D eigenvalue weighted by atomic mass is 16.5. The first-order chi connectivity index (χ1) is 17.3. The standard InChI is InChI=1S/C26H28N6O4/c1-15(2)35-26(34)22-14-20-21(31(22)4)8-11-32(25(20)33)12-10-28-24-19-13-18(23-29-16(3)36-30-23)6-5-17(19)7-9-27-24/h5-7,9,13-15H,8,10-12H2,1-4H3,(H,27,28). The number of rotatable bonds is 7. The fraction of sp³-hybridized carbons (Fsp3) is 0.346. The summed E-state index contributed by atoms with van der Waals surface area (Å²) in [6.45, 7) is 6.96. The van der Waals surface area contributed by atoms with Crippen molar-refractivity contribution in [3.8, 4) is 11.4 Å². The van der Waals surface area contributed by atoms with E-state index < -0.39 is 5.97 Å². The number of esters is 1. The van der Waals surface area contributed by atoms with Gasteiger partial charge in [-0.25, -0.2) is 9.78 Å². The van der Waals surface area contributed by atoms with Crippen molar-refractivity contribution >= 4 is 28.5 Å². The van der Waals surface area contributed by atoms with Gasteiger partial charge < -0.3 is 24.0 Å². The van der Waals surface area contributed by atoms with Gasteiger partial charge in [-0.1, -0.05) is 17.3 Å². The molecule has 5 rings (SSSR count). The molecule has 0 unspecified atom stereocenters. The summed E-state index contributed by atoms with van der Waals surface area (Å²) in [4.78, 5) is 36.2. The van der Waals surface area contributed by atoms with E-state index >= 15 is 0 Å². The number of nitrogens with one attached hydrogen (secondary N) is 1. The number of anilines is 1. The lowest BCUT2D eigenvalue weighted by Gasteiger charge is -2.27. The minimum atomic E-state index is -0.416. The molecule has 1 N–H and O–H groups in total. The number of amides is 1. The van der Waals surface area contributed by atoms with Crippen molar-refractivity contribution in [2.75, 3.05) is 25.0 Å². The molecule has 186 valence electrons. The Bertz CT molecular complexity index is 1450. The average molecular weight is 489 g/mol. The summed E-state index contributed by atoms with van der Waals surface area (Å²) in [7, 11) is 1.80. The number of carbonyl (C=O) groups is 2. The molecule has 1 aliphatic heterocycles. The predicted molar refractivity (Wildman–Crippen MR) is 134 cm³/mol. The first-order valence-corrected chi connectivity index (χ1v) is 11.9. The number of aromatic nitrogens is 4. The molecule has 3 aromatic heterocycles. The van der Waals surface area contributed by atoms with Gasteiger partial charge in [0.25, 0.3) is 5.91 Å². The normalized spacial score (nSPS) is 13.4. The van der Waals surface area contributed by atoms with E-state index in [2.05, 4.69) is 20.4 Å². The van der Waals surface area contributed by atoms with Gasteiger partial charge in [-0.3, -0.25) is 4.79 Å². The van der Waals surface area contributed by atoms with Crippen LogP contribution in [-0.2, 0) is 18.2 Å². The molecule has 0 atom stereocenters. The van der Waals surface area contributed by atoms with Crippen LogP contribution in [0.25, 0.3) is 22.2 Å². The van der Waals surface area contributed by atoms with Crippen LogP contribution in [0.4, 0.5) is 5.82 Å². The van der Waals surface area contributed by atoms with E-state index in [4.69, 9.17) is 9.26 Å². The van der Waals surface area contributed by atoms with Gasteiger partial charge in [-0.05, 0) is 37.4 Å². The Morgan fingerprint density at radius 2 is 2.08 bits per heavy atom. The first kappa shape index (κ1) is 23.5. The zero-order chi connectivity index (χ0) is 25.4. The van der Waals surface area contributed by atoms with Crippen LogP contribution in [0.2, 0.25) is 0 Å². The molecule has 10 heteroatoms. The summed E-state index contributed by atoms with van der Waals surface area (Å²) in [5, 5.41) is 9.33. The minimum absolute atomic E-state index is 0.0853. The molecule has 0 saturated carbocycles. The number of hydrogen-bond donors (Lipinski definition) is 1. The number of carbonyl (C=O) groups excluding carboxylic acids is 2. The topological polar surface area (TPSA) is 115 Å². The van der Waals surface area contributed by atoms with Gasteiger partial charge in [-0.15, -0.1) is 0 Å². The molecule has 1 aliphatic rings. The first-order valence-electron chi connectivity index (χ1n) is 11.9. The summed E-state index contributed by atoms with van der Waals surface area (Å²) < 4.78 is 12.2. The van der Waals surface area contributed by atoms with Gasteiger partial charge in [-0.2, -0.15) is 4.98 Å². The summed E-state index contributed by atoms with van der Waals surface area (Å²) in [6.07, 6.45) is 2.20. The number of aryl methyl sites for hydroxylation is 1. The number of hydrogen-bond acceptors (Lipinski definition) is 8. The van der Waals surface area contributed by atoms with Crippen molar-refractivity contribution in [1.29, 1.82) is 0 Å². The molecule has 0 spiro atoms. The van der Waals surface area contributed by atoms with Crippen LogP contribution in [0.5, 0.6) is 0 Å². The molecular weight excluding hydrogens is 460 g/mol. The Morgan fingerprint density at radius 1 is 1.25 bits per heavy atom. The van der Waals surface area contributed by atoms with Crippen LogP contribution in [0.15, 0.2) is 41.1 Å². The van der Waals surface area contributed by atoms with Crippen LogP contribution < -0.4 is 5.32 Å². The van der Waals surface area contributed by atoms with Gasteiger partial charge in [0.05, 0.1) is 11.7 Å². The van der Waals surface area contributed by atoms with Crippen LogP contribution >= 0.6 is 0 Å². The zero-order valence-electron chi connectivity index (χ0n) is 20.7. The highest BCUT2D eigenvalue weighted by molar-refractivity contribution is 6.00. The van der Waals surface area contributed by atoms with E-state index in [1.165, 1.54) is 0 Å². The maximum absolute atomic E-state index is 13.2. The quantitative estimate of drug-likeness (QED) is 0.392. The highest BCUT2D eigenvalue weighted by Gasteiger charge is 2.30. The fourth-order valence-electron chi connectivity index (χ4n) is 4.50. The lowest BCUT2D eigenvalue weighted by atomic mass is 10.1. The molecular formula is C26H28N6O4. The van der Waals surface area contributed by atoms with Crippen molar-refractivity contribution in [3.05, 3.63) is 59.4 Å². The van der Waals surface area contributed by atoms with Crippen molar-refractivity contribution in [3.63, 3.8) is 0 Å². The molecule has 0 fully saturated rings. The Balaban J connectivity index is 1.29. The second-order valence-corrected chi connectivity index (χ2v) is 9.10. The van der Waals surface area contributed by atoms with E-state index in [9.17, 15) is 9.59 Å². The smallest absolute Gasteiger partial charge is 0.355 e. The minimum Gasteiger partial charge on any atom is -0.458 e. The third-order valence-electron chi connectivity index (χ3n) is 6.27. The van der Waals surface area contributed by atoms with Crippen molar-refractivity contribution in [2.24, 2.45) is 7.05 Å². The Labute approximate surface area is 208 Å². The molecule has 0 radical (unpaired) electrons. The maximum atomic E-state index is 13.2. The second kappa shape index (κ2) is 9.44. The number of benzene rings is 1. The second-order valence-electron chi connectivity index (χ2n) is 9.10. The molecule has 36 heavy (non-hydrogen) atoms. The number of nitrogens with zero attached hydrogens (tertiary/aromatic N) is 5. The third kappa shape index (κ3) is 4.41.